The van der Waals surface area contributed by atoms with E-state index in [9.17, 15) is 19.3 Å². The van der Waals surface area contributed by atoms with Crippen LogP contribution in [0.2, 0.25) is 0 Å². The van der Waals surface area contributed by atoms with Crippen LogP contribution in [0.5, 0.6) is 0 Å². The maximum atomic E-state index is 11.9. The van der Waals surface area contributed by atoms with Gasteiger partial charge < -0.3 is 19.3 Å². The lowest BCUT2D eigenvalue weighted by Crippen LogP contribution is -2.40. The minimum absolute atomic E-state index is 0.173. The van der Waals surface area contributed by atoms with Gasteiger partial charge in [-0.25, -0.2) is 9.36 Å². The molecule has 0 bridgehead atoms. The number of aromatic amines is 1. The maximum absolute atomic E-state index is 11.9. The van der Waals surface area contributed by atoms with E-state index in [0.29, 0.717) is 0 Å². The van der Waals surface area contributed by atoms with Crippen LogP contribution in [0.4, 0.5) is 0 Å². The van der Waals surface area contributed by atoms with E-state index >= 15 is 0 Å². The molecule has 1 aromatic rings. The third-order valence-electron chi connectivity index (χ3n) is 3.35. The van der Waals surface area contributed by atoms with E-state index in [1.165, 1.54) is 13.3 Å². The Morgan fingerprint density at radius 3 is 2.78 bits per heavy atom. The summed E-state index contributed by atoms with van der Waals surface area (Å²) in [5.74, 6) is 0. The zero-order valence-electron chi connectivity index (χ0n) is 12.3. The Bertz CT molecular complexity index is 632. The third-order valence-corrected chi connectivity index (χ3v) is 3.68. The van der Waals surface area contributed by atoms with Crippen LogP contribution in [0, 0.1) is 0 Å². The monoisotopic (exact) mass is 348 g/mol. The van der Waals surface area contributed by atoms with Crippen molar-refractivity contribution in [3.05, 3.63) is 33.1 Å². The second-order valence-electron chi connectivity index (χ2n) is 4.74. The molecule has 10 nitrogen and oxygen atoms in total. The molecule has 0 saturated carbocycles. The minimum atomic E-state index is -0.958. The first-order valence-electron chi connectivity index (χ1n) is 6.79. The zero-order valence-corrected chi connectivity index (χ0v) is 13.2. The Balaban J connectivity index is 2.31. The van der Waals surface area contributed by atoms with Crippen molar-refractivity contribution in [3.63, 3.8) is 0 Å². The molecular weight excluding hydrogens is 331 g/mol. The molecule has 0 unspecified atom stereocenters. The van der Waals surface area contributed by atoms with Crippen LogP contribution in [0.1, 0.15) is 6.23 Å². The molecule has 4 atom stereocenters. The smallest absolute Gasteiger partial charge is 0.330 e. The molecule has 0 spiro atoms. The molecule has 0 aromatic carbocycles. The molecule has 0 aliphatic carbocycles. The predicted octanol–water partition coefficient (Wildman–Crippen LogP) is -0.950. The Kier molecular flexibility index (Phi) is 6.58. The van der Waals surface area contributed by atoms with Crippen LogP contribution in [0.25, 0.3) is 0 Å². The van der Waals surface area contributed by atoms with E-state index in [4.69, 9.17) is 18.7 Å². The Labute approximate surface area is 132 Å². The highest BCUT2D eigenvalue weighted by molar-refractivity contribution is 7.17. The first-order valence-corrected chi connectivity index (χ1v) is 7.52. The molecule has 2 N–H and O–H groups in total. The van der Waals surface area contributed by atoms with Crippen LogP contribution in [-0.2, 0) is 23.3 Å². The Morgan fingerprint density at radius 1 is 1.39 bits per heavy atom. The largest absolute Gasteiger partial charge is 0.394 e. The number of aromatic nitrogens is 2. The summed E-state index contributed by atoms with van der Waals surface area (Å²) in [6.45, 7) is 0.0428. The molecule has 1 aliphatic rings. The molecular formula is C12H17N2O8P. The quantitative estimate of drug-likeness (QED) is 0.454. The first kappa shape index (κ1) is 17.9. The van der Waals surface area contributed by atoms with E-state index in [-0.39, 0.29) is 13.2 Å². The van der Waals surface area contributed by atoms with Crippen LogP contribution in [0.3, 0.4) is 0 Å². The van der Waals surface area contributed by atoms with Gasteiger partial charge in [-0.3, -0.25) is 18.9 Å². The highest BCUT2D eigenvalue weighted by Crippen LogP contribution is 2.34. The fourth-order valence-corrected chi connectivity index (χ4v) is 2.68. The molecule has 1 aromatic heterocycles. The summed E-state index contributed by atoms with van der Waals surface area (Å²) < 4.78 is 33.0. The van der Waals surface area contributed by atoms with Gasteiger partial charge in [0.05, 0.1) is 19.8 Å². The lowest BCUT2D eigenvalue weighted by atomic mass is 10.1. The average Bonchev–Trinajstić information content (AvgIpc) is 2.86. The van der Waals surface area contributed by atoms with E-state index in [1.807, 2.05) is 0 Å². The molecule has 11 heteroatoms. The van der Waals surface area contributed by atoms with Gasteiger partial charge in [-0.2, -0.15) is 0 Å². The number of rotatable bonds is 8. The molecule has 23 heavy (non-hydrogen) atoms. The Morgan fingerprint density at radius 2 is 2.17 bits per heavy atom. The number of hydrogen-bond acceptors (Lipinski definition) is 8. The minimum Gasteiger partial charge on any atom is -0.394 e. The highest BCUT2D eigenvalue weighted by atomic mass is 31.1. The summed E-state index contributed by atoms with van der Waals surface area (Å²) in [5.41, 5.74) is -1.24. The molecule has 1 aliphatic heterocycles. The Hall–Kier alpha value is -1.42. The zero-order chi connectivity index (χ0) is 16.8. The van der Waals surface area contributed by atoms with Gasteiger partial charge in [0.2, 0.25) is 0 Å². The van der Waals surface area contributed by atoms with Gasteiger partial charge in [0.1, 0.15) is 18.3 Å². The van der Waals surface area contributed by atoms with E-state index < -0.39 is 51.1 Å². The van der Waals surface area contributed by atoms with Crippen molar-refractivity contribution in [1.82, 2.24) is 9.55 Å². The first-order chi connectivity index (χ1) is 11.1. The summed E-state index contributed by atoms with van der Waals surface area (Å²) in [5, 5.41) is 9.39. The molecule has 0 amide bonds. The number of nitrogens with zero attached hydrogens (tertiary/aromatic N) is 1. The summed E-state index contributed by atoms with van der Waals surface area (Å²) in [7, 11) is 0.891. The SMILES string of the molecule is COCCO[C@@H]1[C@H](OP=O)[C@@H](CO)O[C@H]1n1ccc(=O)[nH]c1=O. The van der Waals surface area contributed by atoms with Crippen molar-refractivity contribution >= 4 is 8.69 Å². The standard InChI is InChI=1S/C12H17N2O8P/c1-19-4-5-20-10-9(22-23-18)7(6-15)21-11(10)14-3-2-8(16)13-12(14)17/h2-3,7,9-11,15H,4-6H2,1H3,(H,13,16,17)/t7-,9-,10-,11-/m1/s1. The molecule has 0 radical (unpaired) electrons. The summed E-state index contributed by atoms with van der Waals surface area (Å²) in [6.07, 6.45) is -2.23. The van der Waals surface area contributed by atoms with Crippen molar-refractivity contribution in [3.8, 4) is 0 Å². The molecule has 1 fully saturated rings. The number of aliphatic hydroxyl groups is 1. The van der Waals surface area contributed by atoms with E-state index in [1.54, 1.807) is 0 Å². The topological polar surface area (TPSA) is 129 Å². The number of aliphatic hydroxyl groups excluding tert-OH is 1. The van der Waals surface area contributed by atoms with Gasteiger partial charge in [0, 0.05) is 19.4 Å². The summed E-state index contributed by atoms with van der Waals surface area (Å²) in [4.78, 5) is 25.2. The van der Waals surface area contributed by atoms with Crippen LogP contribution in [0.15, 0.2) is 21.9 Å². The number of H-pyrrole nitrogens is 1. The van der Waals surface area contributed by atoms with Crippen molar-refractivity contribution in [2.75, 3.05) is 26.9 Å². The predicted molar refractivity (Wildman–Crippen MR) is 76.4 cm³/mol. The van der Waals surface area contributed by atoms with Crippen molar-refractivity contribution in [1.29, 1.82) is 0 Å². The van der Waals surface area contributed by atoms with Crippen LogP contribution >= 0.6 is 8.69 Å². The lowest BCUT2D eigenvalue weighted by molar-refractivity contribution is -0.0807. The summed E-state index contributed by atoms with van der Waals surface area (Å²) >= 11 is 0. The van der Waals surface area contributed by atoms with Crippen molar-refractivity contribution in [2.45, 2.75) is 24.5 Å². The van der Waals surface area contributed by atoms with Gasteiger partial charge in [0.15, 0.2) is 6.23 Å². The number of ether oxygens (including phenoxy) is 3. The number of methoxy groups -OCH3 is 1. The van der Waals surface area contributed by atoms with Crippen LogP contribution < -0.4 is 11.2 Å². The molecule has 1 saturated heterocycles. The van der Waals surface area contributed by atoms with Crippen molar-refractivity contribution < 1.29 is 28.4 Å². The van der Waals surface area contributed by atoms with E-state index in [0.717, 1.165) is 10.6 Å². The fourth-order valence-electron chi connectivity index (χ4n) is 2.33. The lowest BCUT2D eigenvalue weighted by Gasteiger charge is -2.23. The van der Waals surface area contributed by atoms with Gasteiger partial charge in [-0.05, 0) is 0 Å². The summed E-state index contributed by atoms with van der Waals surface area (Å²) in [6, 6.07) is 1.16. The average molecular weight is 348 g/mol. The van der Waals surface area contributed by atoms with E-state index in [2.05, 4.69) is 4.98 Å². The normalized spacial score (nSPS) is 27.6. The number of nitrogens with one attached hydrogen (secondary N) is 1. The number of hydrogen-bond donors (Lipinski definition) is 2. The van der Waals surface area contributed by atoms with Crippen molar-refractivity contribution in [2.24, 2.45) is 0 Å². The van der Waals surface area contributed by atoms with Gasteiger partial charge >= 0.3 is 14.4 Å². The van der Waals surface area contributed by atoms with Crippen LogP contribution in [-0.4, -0.2) is 59.9 Å². The van der Waals surface area contributed by atoms with Gasteiger partial charge in [-0.15, -0.1) is 0 Å². The molecule has 2 rings (SSSR count). The highest BCUT2D eigenvalue weighted by Gasteiger charge is 2.47. The van der Waals surface area contributed by atoms with Gasteiger partial charge in [0.25, 0.3) is 5.56 Å². The second-order valence-corrected chi connectivity index (χ2v) is 5.10. The molecule has 128 valence electrons. The maximum Gasteiger partial charge on any atom is 0.330 e. The second kappa shape index (κ2) is 8.44. The third kappa shape index (κ3) is 4.11. The fraction of sp³-hybridized carbons (Fsp3) is 0.667. The molecule has 2 heterocycles. The van der Waals surface area contributed by atoms with Gasteiger partial charge in [-0.1, -0.05) is 0 Å².